The molecule has 0 saturated heterocycles. The van der Waals surface area contributed by atoms with Crippen LogP contribution in [0.3, 0.4) is 0 Å². The molecule has 0 bridgehead atoms. The number of rotatable bonds is 12. The van der Waals surface area contributed by atoms with E-state index < -0.39 is 0 Å². The molecule has 3 heteroatoms. The zero-order chi connectivity index (χ0) is 19.3. The van der Waals surface area contributed by atoms with Gasteiger partial charge in [0.1, 0.15) is 11.5 Å². The second-order valence-corrected chi connectivity index (χ2v) is 6.87. The van der Waals surface area contributed by atoms with Crippen LogP contribution in [0.25, 0.3) is 0 Å². The summed E-state index contributed by atoms with van der Waals surface area (Å²) in [6.45, 7) is 1.81. The van der Waals surface area contributed by atoms with E-state index >= 15 is 0 Å². The van der Waals surface area contributed by atoms with Gasteiger partial charge in [-0.2, -0.15) is 0 Å². The molecule has 2 aromatic carbocycles. The van der Waals surface area contributed by atoms with E-state index in [1.54, 1.807) is 14.0 Å². The Morgan fingerprint density at radius 2 is 1.41 bits per heavy atom. The zero-order valence-electron chi connectivity index (χ0n) is 16.7. The monoisotopic (exact) mass is 368 g/mol. The van der Waals surface area contributed by atoms with Crippen LogP contribution in [0.15, 0.2) is 48.5 Å². The van der Waals surface area contributed by atoms with Gasteiger partial charge in [-0.05, 0) is 43.4 Å². The summed E-state index contributed by atoms with van der Waals surface area (Å²) in [4.78, 5) is 11.6. The Morgan fingerprint density at radius 1 is 0.778 bits per heavy atom. The molecule has 0 spiro atoms. The van der Waals surface area contributed by atoms with E-state index in [0.29, 0.717) is 12.2 Å². The Morgan fingerprint density at radius 3 is 2.07 bits per heavy atom. The van der Waals surface area contributed by atoms with Crippen LogP contribution in [0.5, 0.6) is 11.5 Å². The fraction of sp³-hybridized carbons (Fsp3) is 0.458. The molecule has 146 valence electrons. The predicted molar refractivity (Wildman–Crippen MR) is 110 cm³/mol. The number of aryl methyl sites for hydroxylation is 1. The second-order valence-electron chi connectivity index (χ2n) is 6.87. The summed E-state index contributed by atoms with van der Waals surface area (Å²) in [6.07, 6.45) is 9.75. The first-order valence-electron chi connectivity index (χ1n) is 10.1. The molecule has 0 atom stereocenters. The summed E-state index contributed by atoms with van der Waals surface area (Å²) >= 11 is 0. The molecule has 0 aliphatic rings. The maximum absolute atomic E-state index is 11.6. The quantitative estimate of drug-likeness (QED) is 0.256. The summed E-state index contributed by atoms with van der Waals surface area (Å²) in [5.41, 5.74) is 2.44. The van der Waals surface area contributed by atoms with Crippen molar-refractivity contribution in [3.63, 3.8) is 0 Å². The average Bonchev–Trinajstić information content (AvgIpc) is 2.71. The van der Waals surface area contributed by atoms with Crippen molar-refractivity contribution < 1.29 is 14.3 Å². The van der Waals surface area contributed by atoms with E-state index in [-0.39, 0.29) is 5.97 Å². The van der Waals surface area contributed by atoms with Gasteiger partial charge in [-0.15, -0.1) is 0 Å². The molecule has 0 fully saturated rings. The zero-order valence-corrected chi connectivity index (χ0v) is 16.7. The third-order valence-corrected chi connectivity index (χ3v) is 4.81. The third-order valence-electron chi connectivity index (χ3n) is 4.81. The molecule has 2 rings (SSSR count). The fourth-order valence-corrected chi connectivity index (χ4v) is 3.26. The molecule has 0 aliphatic carbocycles. The number of hydrogen-bond donors (Lipinski definition) is 0. The van der Waals surface area contributed by atoms with Crippen molar-refractivity contribution in [3.05, 3.63) is 59.7 Å². The molecule has 0 saturated carbocycles. The second kappa shape index (κ2) is 12.2. The highest BCUT2D eigenvalue weighted by Gasteiger charge is 2.12. The number of hydrogen-bond acceptors (Lipinski definition) is 3. The molecule has 3 nitrogen and oxygen atoms in total. The van der Waals surface area contributed by atoms with Crippen LogP contribution in [-0.2, 0) is 17.6 Å². The minimum atomic E-state index is -0.206. The Hall–Kier alpha value is -2.29. The molecule has 0 amide bonds. The third kappa shape index (κ3) is 7.46. The van der Waals surface area contributed by atoms with Crippen LogP contribution in [0.4, 0.5) is 0 Å². The summed E-state index contributed by atoms with van der Waals surface area (Å²) < 4.78 is 10.9. The van der Waals surface area contributed by atoms with Crippen LogP contribution in [-0.4, -0.2) is 13.1 Å². The van der Waals surface area contributed by atoms with Crippen molar-refractivity contribution in [3.8, 4) is 11.5 Å². The van der Waals surface area contributed by atoms with E-state index in [9.17, 15) is 4.79 Å². The summed E-state index contributed by atoms with van der Waals surface area (Å²) in [5.74, 6) is 1.24. The van der Waals surface area contributed by atoms with E-state index in [0.717, 1.165) is 24.2 Å². The number of ether oxygens (including phenoxy) is 2. The Balaban J connectivity index is 1.69. The van der Waals surface area contributed by atoms with E-state index in [1.165, 1.54) is 44.1 Å². The van der Waals surface area contributed by atoms with Crippen molar-refractivity contribution in [1.29, 1.82) is 0 Å². The van der Waals surface area contributed by atoms with Crippen molar-refractivity contribution in [1.82, 2.24) is 0 Å². The number of carbonyl (C=O) groups is 1. The highest BCUT2D eigenvalue weighted by atomic mass is 16.5. The van der Waals surface area contributed by atoms with Gasteiger partial charge in [-0.25, -0.2) is 0 Å². The molecular formula is C24H32O3. The van der Waals surface area contributed by atoms with Gasteiger partial charge in [0.2, 0.25) is 0 Å². The van der Waals surface area contributed by atoms with Crippen LogP contribution in [0.2, 0.25) is 0 Å². The van der Waals surface area contributed by atoms with Crippen LogP contribution >= 0.6 is 0 Å². The summed E-state index contributed by atoms with van der Waals surface area (Å²) in [6, 6.07) is 16.4. The minimum absolute atomic E-state index is 0.206. The number of benzene rings is 2. The fourth-order valence-electron chi connectivity index (χ4n) is 3.26. The van der Waals surface area contributed by atoms with E-state index in [2.05, 4.69) is 30.3 Å². The topological polar surface area (TPSA) is 35.5 Å². The number of methoxy groups -OCH3 is 1. The lowest BCUT2D eigenvalue weighted by Gasteiger charge is -2.13. The lowest BCUT2D eigenvalue weighted by molar-refractivity contribution is -0.134. The highest BCUT2D eigenvalue weighted by Crippen LogP contribution is 2.30. The van der Waals surface area contributed by atoms with Gasteiger partial charge < -0.3 is 9.47 Å². The number of esters is 1. The minimum Gasteiger partial charge on any atom is -0.496 e. The van der Waals surface area contributed by atoms with Gasteiger partial charge in [0.05, 0.1) is 7.11 Å². The van der Waals surface area contributed by atoms with Crippen LogP contribution < -0.4 is 9.47 Å². The lowest BCUT2D eigenvalue weighted by atomic mass is 10.0. The molecule has 0 aliphatic heterocycles. The molecule has 0 N–H and O–H groups in total. The molecular weight excluding hydrogens is 336 g/mol. The molecule has 0 aromatic heterocycles. The average molecular weight is 369 g/mol. The van der Waals surface area contributed by atoms with Gasteiger partial charge in [-0.3, -0.25) is 4.79 Å². The molecule has 0 radical (unpaired) electrons. The molecule has 2 aromatic rings. The first-order chi connectivity index (χ1) is 13.2. The van der Waals surface area contributed by atoms with Gasteiger partial charge in [-0.1, -0.05) is 69.0 Å². The SMILES string of the molecule is CCC(=O)Oc1cccc(OC)c1CCCCCCCCc1ccccc1. The normalized spacial score (nSPS) is 10.6. The van der Waals surface area contributed by atoms with E-state index in [1.807, 2.05) is 18.2 Å². The maximum atomic E-state index is 11.6. The van der Waals surface area contributed by atoms with Gasteiger partial charge in [0.25, 0.3) is 0 Å². The number of unbranched alkanes of at least 4 members (excludes halogenated alkanes) is 5. The predicted octanol–water partition coefficient (Wildman–Crippen LogP) is 6.14. The maximum Gasteiger partial charge on any atom is 0.310 e. The number of carbonyl (C=O) groups excluding carboxylic acids is 1. The molecule has 27 heavy (non-hydrogen) atoms. The van der Waals surface area contributed by atoms with Crippen molar-refractivity contribution >= 4 is 5.97 Å². The van der Waals surface area contributed by atoms with Crippen LogP contribution in [0.1, 0.15) is 63.0 Å². The Bertz CT molecular complexity index is 679. The largest absolute Gasteiger partial charge is 0.496 e. The van der Waals surface area contributed by atoms with Crippen molar-refractivity contribution in [2.24, 2.45) is 0 Å². The first-order valence-corrected chi connectivity index (χ1v) is 10.1. The van der Waals surface area contributed by atoms with Crippen LogP contribution in [0, 0.1) is 0 Å². The molecule has 0 unspecified atom stereocenters. The van der Waals surface area contributed by atoms with Gasteiger partial charge in [0, 0.05) is 12.0 Å². The van der Waals surface area contributed by atoms with Crippen molar-refractivity contribution in [2.75, 3.05) is 7.11 Å². The van der Waals surface area contributed by atoms with Gasteiger partial charge in [0.15, 0.2) is 0 Å². The lowest BCUT2D eigenvalue weighted by Crippen LogP contribution is -2.08. The first kappa shape index (κ1) is 21.0. The van der Waals surface area contributed by atoms with E-state index in [4.69, 9.17) is 9.47 Å². The molecule has 0 heterocycles. The Kier molecular flexibility index (Phi) is 9.47. The summed E-state index contributed by atoms with van der Waals surface area (Å²) in [7, 11) is 1.66. The van der Waals surface area contributed by atoms with Gasteiger partial charge >= 0.3 is 5.97 Å². The highest BCUT2D eigenvalue weighted by molar-refractivity contribution is 5.72. The standard InChI is InChI=1S/C24H32O3/c1-3-24(25)27-23-19-13-18-22(26-2)21(23)17-12-7-5-4-6-9-14-20-15-10-8-11-16-20/h8,10-11,13,15-16,18-19H,3-7,9,12,14,17H2,1-2H3. The van der Waals surface area contributed by atoms with Crippen molar-refractivity contribution in [2.45, 2.75) is 64.7 Å². The smallest absolute Gasteiger partial charge is 0.310 e. The Labute approximate surface area is 163 Å². The summed E-state index contributed by atoms with van der Waals surface area (Å²) in [5, 5.41) is 0.